The molecule has 374 valence electrons. The lowest BCUT2D eigenvalue weighted by Gasteiger charge is -2.29. The van der Waals surface area contributed by atoms with Crippen molar-refractivity contribution in [3.05, 3.63) is 24.3 Å². The lowest BCUT2D eigenvalue weighted by atomic mass is 10.0. The molecule has 0 aliphatic heterocycles. The van der Waals surface area contributed by atoms with E-state index in [-0.39, 0.29) is 19.1 Å². The molecule has 8 nitrogen and oxygen atoms in total. The number of carbonyl (C=O) groups is 1. The minimum Gasteiger partial charge on any atom is -0.756 e. The van der Waals surface area contributed by atoms with Gasteiger partial charge in [0.2, 0.25) is 5.91 Å². The number of aliphatic hydroxyl groups is 1. The summed E-state index contributed by atoms with van der Waals surface area (Å²) in [5.74, 6) is -0.197. The summed E-state index contributed by atoms with van der Waals surface area (Å²) in [5.41, 5.74) is 0. The van der Waals surface area contributed by atoms with Crippen molar-refractivity contribution < 1.29 is 32.9 Å². The van der Waals surface area contributed by atoms with Gasteiger partial charge in [-0.25, -0.2) is 0 Å². The van der Waals surface area contributed by atoms with Crippen molar-refractivity contribution in [3.63, 3.8) is 0 Å². The van der Waals surface area contributed by atoms with Gasteiger partial charge in [-0.3, -0.25) is 9.36 Å². The van der Waals surface area contributed by atoms with E-state index in [0.29, 0.717) is 17.4 Å². The Morgan fingerprint density at radius 3 is 1.24 bits per heavy atom. The Morgan fingerprint density at radius 2 is 0.873 bits per heavy atom. The molecule has 0 heterocycles. The molecule has 0 aromatic rings. The van der Waals surface area contributed by atoms with Crippen LogP contribution in [0.5, 0.6) is 0 Å². The highest BCUT2D eigenvalue weighted by Gasteiger charge is 2.23. The van der Waals surface area contributed by atoms with E-state index < -0.39 is 20.0 Å². The third kappa shape index (κ3) is 48.7. The van der Waals surface area contributed by atoms with Crippen LogP contribution in [0.4, 0.5) is 0 Å². The normalized spacial score (nSPS) is 14.2. The Hall–Kier alpha value is -1.02. The van der Waals surface area contributed by atoms with E-state index in [1.54, 1.807) is 6.08 Å². The van der Waals surface area contributed by atoms with E-state index in [1.807, 2.05) is 27.2 Å². The van der Waals surface area contributed by atoms with Gasteiger partial charge < -0.3 is 28.8 Å². The number of amides is 1. The topological polar surface area (TPSA) is 108 Å². The number of unbranched alkanes of at least 4 members (excludes halogenated alkanes) is 35. The maximum atomic E-state index is 12.9. The van der Waals surface area contributed by atoms with Crippen LogP contribution in [-0.4, -0.2) is 68.5 Å². The summed E-state index contributed by atoms with van der Waals surface area (Å²) in [6.45, 7) is 4.62. The number of likely N-dealkylation sites (N-methyl/N-ethyl adjacent to an activating group) is 1. The summed E-state index contributed by atoms with van der Waals surface area (Å²) < 4.78 is 23.2. The first-order chi connectivity index (χ1) is 30.5. The largest absolute Gasteiger partial charge is 0.756 e. The van der Waals surface area contributed by atoms with Crippen LogP contribution in [0.3, 0.4) is 0 Å². The summed E-state index contributed by atoms with van der Waals surface area (Å²) in [6.07, 6.45) is 57.2. The average Bonchev–Trinajstić information content (AvgIpc) is 3.24. The van der Waals surface area contributed by atoms with Crippen molar-refractivity contribution in [1.29, 1.82) is 0 Å². The van der Waals surface area contributed by atoms with Crippen LogP contribution in [0.1, 0.15) is 264 Å². The van der Waals surface area contributed by atoms with E-state index in [9.17, 15) is 19.4 Å². The summed E-state index contributed by atoms with van der Waals surface area (Å²) in [7, 11) is 1.27. The second kappa shape index (κ2) is 46.1. The van der Waals surface area contributed by atoms with Gasteiger partial charge >= 0.3 is 0 Å². The quantitative estimate of drug-likeness (QED) is 0.0272. The zero-order chi connectivity index (χ0) is 46.4. The molecule has 0 saturated heterocycles. The molecule has 63 heavy (non-hydrogen) atoms. The third-order valence-corrected chi connectivity index (χ3v) is 13.4. The molecule has 0 saturated carbocycles. The fraction of sp³-hybridized carbons (Fsp3) is 0.907. The highest BCUT2D eigenvalue weighted by atomic mass is 31.2. The van der Waals surface area contributed by atoms with Crippen LogP contribution < -0.4 is 10.2 Å². The van der Waals surface area contributed by atoms with Crippen LogP contribution in [0.15, 0.2) is 24.3 Å². The van der Waals surface area contributed by atoms with Crippen LogP contribution in [-0.2, 0) is 18.4 Å². The number of rotatable bonds is 50. The van der Waals surface area contributed by atoms with Crippen molar-refractivity contribution in [2.45, 2.75) is 276 Å². The molecular formula is C54H107N2O6P. The first-order valence-electron chi connectivity index (χ1n) is 27.2. The van der Waals surface area contributed by atoms with Gasteiger partial charge in [-0.05, 0) is 44.9 Å². The number of hydrogen-bond donors (Lipinski definition) is 2. The SMILES string of the molecule is CCCCCCCC/C=C/C(O)C(COP(=O)([O-])OCC[N+](C)(C)C)NC(=O)CCCCCCCCCCCCCCCCCCCCCCC/C=C\CCCCCCCCCC. The molecule has 0 rings (SSSR count). The molecule has 0 fully saturated rings. The third-order valence-electron chi connectivity index (χ3n) is 12.4. The molecule has 0 bridgehead atoms. The van der Waals surface area contributed by atoms with Gasteiger partial charge in [0.25, 0.3) is 7.82 Å². The first kappa shape index (κ1) is 62.0. The van der Waals surface area contributed by atoms with Gasteiger partial charge in [0.05, 0.1) is 39.9 Å². The standard InChI is InChI=1S/C54H107N2O6P/c1-6-8-10-12-14-16-17-18-19-20-21-22-23-24-25-26-27-28-29-30-31-32-33-34-35-36-37-38-39-40-42-44-46-48-54(58)55-52(51-62-63(59,60)61-50-49-56(3,4)5)53(57)47-45-43-41-15-13-11-9-7-2/h20-21,45,47,52-53,57H,6-19,22-44,46,48-51H2,1-5H3,(H-,55,58,59,60)/b21-20-,47-45+. The monoisotopic (exact) mass is 911 g/mol. The van der Waals surface area contributed by atoms with Crippen molar-refractivity contribution in [2.75, 3.05) is 40.9 Å². The van der Waals surface area contributed by atoms with Gasteiger partial charge in [-0.1, -0.05) is 237 Å². The van der Waals surface area contributed by atoms with E-state index in [1.165, 1.54) is 205 Å². The summed E-state index contributed by atoms with van der Waals surface area (Å²) in [5, 5.41) is 13.7. The highest BCUT2D eigenvalue weighted by Crippen LogP contribution is 2.38. The lowest BCUT2D eigenvalue weighted by Crippen LogP contribution is -2.45. The number of phosphoric ester groups is 1. The Bertz CT molecular complexity index is 1080. The molecule has 0 radical (unpaired) electrons. The molecule has 0 aliphatic rings. The van der Waals surface area contributed by atoms with E-state index in [2.05, 4.69) is 31.3 Å². The Kier molecular flexibility index (Phi) is 45.4. The number of carbonyl (C=O) groups excluding carboxylic acids is 1. The van der Waals surface area contributed by atoms with Gasteiger partial charge in [-0.15, -0.1) is 0 Å². The van der Waals surface area contributed by atoms with Crippen LogP contribution in [0.2, 0.25) is 0 Å². The molecule has 0 aromatic carbocycles. The average molecular weight is 911 g/mol. The van der Waals surface area contributed by atoms with Gasteiger partial charge in [0.1, 0.15) is 13.2 Å². The molecule has 0 aliphatic carbocycles. The predicted molar refractivity (Wildman–Crippen MR) is 270 cm³/mol. The number of nitrogens with one attached hydrogen (secondary N) is 1. The fourth-order valence-corrected chi connectivity index (χ4v) is 8.81. The fourth-order valence-electron chi connectivity index (χ4n) is 8.09. The van der Waals surface area contributed by atoms with Crippen LogP contribution >= 0.6 is 7.82 Å². The maximum Gasteiger partial charge on any atom is 0.268 e. The zero-order valence-corrected chi connectivity index (χ0v) is 43.4. The number of hydrogen-bond acceptors (Lipinski definition) is 6. The van der Waals surface area contributed by atoms with Gasteiger partial charge in [-0.2, -0.15) is 0 Å². The molecular weight excluding hydrogens is 804 g/mol. The molecule has 9 heteroatoms. The van der Waals surface area contributed by atoms with Crippen molar-refractivity contribution in [2.24, 2.45) is 0 Å². The molecule has 0 spiro atoms. The van der Waals surface area contributed by atoms with Crippen molar-refractivity contribution in [1.82, 2.24) is 5.32 Å². The number of phosphoric acid groups is 1. The number of allylic oxidation sites excluding steroid dienone is 3. The maximum absolute atomic E-state index is 12.9. The lowest BCUT2D eigenvalue weighted by molar-refractivity contribution is -0.870. The molecule has 1 amide bonds. The highest BCUT2D eigenvalue weighted by molar-refractivity contribution is 7.45. The van der Waals surface area contributed by atoms with Gasteiger partial charge in [0, 0.05) is 6.42 Å². The van der Waals surface area contributed by atoms with Crippen LogP contribution in [0, 0.1) is 0 Å². The predicted octanol–water partition coefficient (Wildman–Crippen LogP) is 15.4. The number of quaternary nitrogens is 1. The Labute approximate surface area is 392 Å². The second-order valence-electron chi connectivity index (χ2n) is 19.9. The number of nitrogens with zero attached hydrogens (tertiary/aromatic N) is 1. The molecule has 3 unspecified atom stereocenters. The summed E-state index contributed by atoms with van der Waals surface area (Å²) >= 11 is 0. The zero-order valence-electron chi connectivity index (χ0n) is 42.5. The first-order valence-corrected chi connectivity index (χ1v) is 28.7. The molecule has 3 atom stereocenters. The summed E-state index contributed by atoms with van der Waals surface area (Å²) in [4.78, 5) is 25.3. The van der Waals surface area contributed by atoms with Crippen molar-refractivity contribution >= 4 is 13.7 Å². The minimum absolute atomic E-state index is 0.000782. The minimum atomic E-state index is -4.58. The summed E-state index contributed by atoms with van der Waals surface area (Å²) in [6, 6.07) is -0.880. The van der Waals surface area contributed by atoms with Crippen LogP contribution in [0.25, 0.3) is 0 Å². The van der Waals surface area contributed by atoms with E-state index in [0.717, 1.165) is 38.5 Å². The van der Waals surface area contributed by atoms with E-state index in [4.69, 9.17) is 9.05 Å². The number of aliphatic hydroxyl groups excluding tert-OH is 1. The molecule has 0 aromatic heterocycles. The van der Waals surface area contributed by atoms with E-state index >= 15 is 0 Å². The Morgan fingerprint density at radius 1 is 0.540 bits per heavy atom. The van der Waals surface area contributed by atoms with Crippen molar-refractivity contribution in [3.8, 4) is 0 Å². The smallest absolute Gasteiger partial charge is 0.268 e. The Balaban J connectivity index is 3.86. The van der Waals surface area contributed by atoms with Gasteiger partial charge in [0.15, 0.2) is 0 Å². The second-order valence-corrected chi connectivity index (χ2v) is 21.3. The molecule has 2 N–H and O–H groups in total.